The molecular weight excluding hydrogens is 989 g/mol. The first-order chi connectivity index (χ1) is 34.8. The van der Waals surface area contributed by atoms with Gasteiger partial charge in [0, 0.05) is 79.0 Å². The SMILES string of the molecule is O=C(CCc1cc(F)cc(F)c1)C1CCN(c2ccc3c(ccn3S(=O)(=O)c3ccccc3)c2)C1=O.O=C(CCc1cc(F)cc(F)c1)[C@@]1(O)CCN(c2ccc3c(ccn3S(=O)(=O)c3ccccc3)c2)C1=O. The lowest BCUT2D eigenvalue weighted by atomic mass is 9.92. The van der Waals surface area contributed by atoms with E-state index in [9.17, 15) is 58.7 Å². The summed E-state index contributed by atoms with van der Waals surface area (Å²) in [5.74, 6) is -5.90. The first-order valence-corrected chi connectivity index (χ1v) is 25.9. The third-order valence-electron chi connectivity index (χ3n) is 13.0. The maximum absolute atomic E-state index is 13.4. The first kappa shape index (κ1) is 50.2. The van der Waals surface area contributed by atoms with Gasteiger partial charge in [0.1, 0.15) is 29.1 Å². The van der Waals surface area contributed by atoms with Crippen molar-refractivity contribution in [1.82, 2.24) is 7.94 Å². The van der Waals surface area contributed by atoms with Gasteiger partial charge in [-0.05, 0) is 127 Å². The fraction of sp³-hybridized carbons (Fsp3) is 0.185. The number of aliphatic hydroxyl groups is 1. The van der Waals surface area contributed by atoms with E-state index in [2.05, 4.69) is 0 Å². The molecule has 2 aromatic heterocycles. The van der Waals surface area contributed by atoms with Crippen molar-refractivity contribution in [1.29, 1.82) is 0 Å². The number of aromatic nitrogens is 2. The predicted octanol–water partition coefficient (Wildman–Crippen LogP) is 8.54. The number of amides is 2. The molecule has 4 heterocycles. The molecule has 2 saturated heterocycles. The minimum atomic E-state index is -3.82. The van der Waals surface area contributed by atoms with E-state index >= 15 is 0 Å². The Morgan fingerprint density at radius 2 is 1.01 bits per heavy atom. The van der Waals surface area contributed by atoms with Crippen LogP contribution in [0.25, 0.3) is 21.8 Å². The summed E-state index contributed by atoms with van der Waals surface area (Å²) in [5, 5.41) is 12.1. The van der Waals surface area contributed by atoms with E-state index < -0.39 is 66.5 Å². The van der Waals surface area contributed by atoms with E-state index in [0.29, 0.717) is 51.7 Å². The van der Waals surface area contributed by atoms with Crippen molar-refractivity contribution in [3.8, 4) is 0 Å². The molecule has 0 bridgehead atoms. The van der Waals surface area contributed by atoms with Crippen molar-refractivity contribution in [3.05, 3.63) is 192 Å². The molecule has 2 aliphatic heterocycles. The molecule has 6 aromatic carbocycles. The molecule has 2 fully saturated rings. The Morgan fingerprint density at radius 3 is 1.49 bits per heavy atom. The highest BCUT2D eigenvalue weighted by Crippen LogP contribution is 2.34. The summed E-state index contributed by atoms with van der Waals surface area (Å²) < 4.78 is 108. The second-order valence-corrected chi connectivity index (χ2v) is 21.3. The zero-order chi connectivity index (χ0) is 51.8. The van der Waals surface area contributed by atoms with Crippen molar-refractivity contribution in [2.45, 2.75) is 53.9 Å². The normalized spacial score (nSPS) is 17.1. The lowest BCUT2D eigenvalue weighted by Crippen LogP contribution is -2.47. The summed E-state index contributed by atoms with van der Waals surface area (Å²) in [7, 11) is -7.60. The highest BCUT2D eigenvalue weighted by molar-refractivity contribution is 7.90. The van der Waals surface area contributed by atoms with Crippen LogP contribution in [0.2, 0.25) is 0 Å². The molecule has 13 nitrogen and oxygen atoms in total. The summed E-state index contributed by atoms with van der Waals surface area (Å²) in [5.41, 5.74) is 0.231. The molecule has 73 heavy (non-hydrogen) atoms. The second kappa shape index (κ2) is 20.0. The third kappa shape index (κ3) is 10.1. The van der Waals surface area contributed by atoms with Gasteiger partial charge in [-0.2, -0.15) is 0 Å². The van der Waals surface area contributed by atoms with Crippen LogP contribution in [0, 0.1) is 29.2 Å². The van der Waals surface area contributed by atoms with Gasteiger partial charge in [-0.25, -0.2) is 42.3 Å². The largest absolute Gasteiger partial charge is 0.373 e. The molecule has 374 valence electrons. The number of halogens is 4. The zero-order valence-corrected chi connectivity index (χ0v) is 40.2. The average molecular weight is 1030 g/mol. The van der Waals surface area contributed by atoms with E-state index in [1.165, 1.54) is 62.6 Å². The molecule has 0 aliphatic carbocycles. The van der Waals surface area contributed by atoms with Crippen LogP contribution in [-0.4, -0.2) is 72.0 Å². The fourth-order valence-electron chi connectivity index (χ4n) is 9.24. The number of anilines is 2. The Kier molecular flexibility index (Phi) is 13.8. The van der Waals surface area contributed by atoms with Crippen LogP contribution in [0.15, 0.2) is 168 Å². The molecule has 2 aliphatic rings. The summed E-state index contributed by atoms with van der Waals surface area (Å²) in [6.45, 7) is 0.419. The smallest absolute Gasteiger partial charge is 0.268 e. The summed E-state index contributed by atoms with van der Waals surface area (Å²) in [6.07, 6.45) is 2.97. The van der Waals surface area contributed by atoms with Crippen molar-refractivity contribution in [2.24, 2.45) is 5.92 Å². The number of ketones is 2. The van der Waals surface area contributed by atoms with Crippen LogP contribution in [0.3, 0.4) is 0 Å². The molecule has 2 atom stereocenters. The van der Waals surface area contributed by atoms with Gasteiger partial charge in [0.25, 0.3) is 26.0 Å². The third-order valence-corrected chi connectivity index (χ3v) is 16.4. The number of carbonyl (C=O) groups is 4. The Balaban J connectivity index is 0.000000180. The van der Waals surface area contributed by atoms with Crippen molar-refractivity contribution in [3.63, 3.8) is 0 Å². The van der Waals surface area contributed by atoms with Gasteiger partial charge >= 0.3 is 0 Å². The summed E-state index contributed by atoms with van der Waals surface area (Å²) >= 11 is 0. The molecule has 10 rings (SSSR count). The maximum atomic E-state index is 13.4. The molecular formula is C54H44F4N4O9S2. The van der Waals surface area contributed by atoms with Crippen LogP contribution in [0.5, 0.6) is 0 Å². The van der Waals surface area contributed by atoms with Crippen LogP contribution in [0.1, 0.15) is 36.8 Å². The molecule has 2 amide bonds. The lowest BCUT2D eigenvalue weighted by Gasteiger charge is -2.21. The van der Waals surface area contributed by atoms with E-state index in [-0.39, 0.29) is 65.7 Å². The number of Topliss-reactive ketones (excluding diaryl/α,β-unsaturated/α-hetero) is 2. The minimum absolute atomic E-state index is 0.00632. The van der Waals surface area contributed by atoms with Gasteiger partial charge in [-0.15, -0.1) is 0 Å². The molecule has 8 aromatic rings. The predicted molar refractivity (Wildman–Crippen MR) is 264 cm³/mol. The number of fused-ring (bicyclic) bond motifs is 2. The van der Waals surface area contributed by atoms with E-state index in [0.717, 1.165) is 28.2 Å². The topological polar surface area (TPSA) is 173 Å². The number of benzene rings is 6. The first-order valence-electron chi connectivity index (χ1n) is 23.0. The van der Waals surface area contributed by atoms with Gasteiger partial charge in [0.05, 0.1) is 26.7 Å². The van der Waals surface area contributed by atoms with Crippen LogP contribution in [0.4, 0.5) is 28.9 Å². The Bertz CT molecular complexity index is 3660. The van der Waals surface area contributed by atoms with Gasteiger partial charge in [-0.3, -0.25) is 19.2 Å². The van der Waals surface area contributed by atoms with Crippen LogP contribution >= 0.6 is 0 Å². The Morgan fingerprint density at radius 1 is 0.562 bits per heavy atom. The number of nitrogens with zero attached hydrogens (tertiary/aromatic N) is 4. The van der Waals surface area contributed by atoms with E-state index in [1.807, 2.05) is 0 Å². The van der Waals surface area contributed by atoms with Crippen molar-refractivity contribution in [2.75, 3.05) is 22.9 Å². The molecule has 0 spiro atoms. The fourth-order valence-corrected chi connectivity index (χ4v) is 12.0. The second-order valence-electron chi connectivity index (χ2n) is 17.7. The molecule has 1 N–H and O–H groups in total. The van der Waals surface area contributed by atoms with Crippen LogP contribution in [-0.2, 0) is 52.1 Å². The maximum Gasteiger partial charge on any atom is 0.268 e. The van der Waals surface area contributed by atoms with E-state index in [4.69, 9.17) is 0 Å². The average Bonchev–Trinajstić information content (AvgIpc) is 4.17. The van der Waals surface area contributed by atoms with Crippen LogP contribution < -0.4 is 9.80 Å². The number of hydrogen-bond donors (Lipinski definition) is 1. The Labute approximate surface area is 416 Å². The lowest BCUT2D eigenvalue weighted by molar-refractivity contribution is -0.147. The van der Waals surface area contributed by atoms with Gasteiger partial charge in [-0.1, -0.05) is 36.4 Å². The van der Waals surface area contributed by atoms with Crippen molar-refractivity contribution < 1.29 is 58.7 Å². The molecule has 0 saturated carbocycles. The van der Waals surface area contributed by atoms with E-state index in [1.54, 1.807) is 84.9 Å². The van der Waals surface area contributed by atoms with Crippen molar-refractivity contribution >= 4 is 76.6 Å². The molecule has 19 heteroatoms. The summed E-state index contributed by atoms with van der Waals surface area (Å²) in [6, 6.07) is 35.2. The highest BCUT2D eigenvalue weighted by Gasteiger charge is 2.51. The number of rotatable bonds is 14. The van der Waals surface area contributed by atoms with Gasteiger partial charge in [0.15, 0.2) is 5.78 Å². The summed E-state index contributed by atoms with van der Waals surface area (Å²) in [4.78, 5) is 54.8. The quantitative estimate of drug-likeness (QED) is 0.0828. The standard InChI is InChI=1S/C27H22F2N2O5S.C27H22F2N2O4S/c28-20-14-18(15-21(29)17-20)6-9-25(32)27(34)11-13-30(26(27)33)22-7-8-24-19(16-22)10-12-31(24)37(35,36)23-4-2-1-3-5-23;28-20-14-18(15-21(29)17-20)6-9-26(32)24-11-12-30(27(24)33)22-7-8-25-19(16-22)10-13-31(25)36(34,35)23-4-2-1-3-5-23/h1-5,7-8,10,12,14-17,34H,6,9,11,13H2;1-5,7-8,10,13-17,24H,6,9,11-12H2/t27-;/m0./s1. The number of hydrogen-bond acceptors (Lipinski definition) is 9. The monoisotopic (exact) mass is 1030 g/mol. The minimum Gasteiger partial charge on any atom is -0.373 e. The molecule has 0 radical (unpaired) electrons. The zero-order valence-electron chi connectivity index (χ0n) is 38.6. The molecule has 1 unspecified atom stereocenters. The Hall–Kier alpha value is -7.74. The number of aryl methyl sites for hydroxylation is 2. The van der Waals surface area contributed by atoms with Gasteiger partial charge in [0.2, 0.25) is 11.5 Å². The van der Waals surface area contributed by atoms with Gasteiger partial charge < -0.3 is 14.9 Å². The number of carbonyl (C=O) groups excluding carboxylic acids is 4. The highest BCUT2D eigenvalue weighted by atomic mass is 32.2.